The monoisotopic (exact) mass is 280 g/mol. The first-order valence-corrected chi connectivity index (χ1v) is 6.60. The molecule has 0 atom stereocenters. The molecule has 0 aromatic heterocycles. The second-order valence-electron chi connectivity index (χ2n) is 4.53. The highest BCUT2D eigenvalue weighted by Gasteiger charge is 2.07. The number of rotatable bonds is 5. The van der Waals surface area contributed by atoms with Crippen molar-refractivity contribution < 1.29 is 9.53 Å². The SMILES string of the molecule is COc1ccccc1CNC(=O)c1ccc(CC#N)cc1. The first kappa shape index (κ1) is 14.6. The highest BCUT2D eigenvalue weighted by Crippen LogP contribution is 2.16. The molecule has 0 saturated carbocycles. The first-order chi connectivity index (χ1) is 10.2. The van der Waals surface area contributed by atoms with Gasteiger partial charge in [-0.1, -0.05) is 30.3 Å². The number of benzene rings is 2. The van der Waals surface area contributed by atoms with Gasteiger partial charge in [0.1, 0.15) is 5.75 Å². The number of amides is 1. The van der Waals surface area contributed by atoms with Crippen LogP contribution in [-0.2, 0) is 13.0 Å². The maximum absolute atomic E-state index is 12.1. The summed E-state index contributed by atoms with van der Waals surface area (Å²) in [5.41, 5.74) is 2.40. The van der Waals surface area contributed by atoms with Crippen LogP contribution in [0.4, 0.5) is 0 Å². The summed E-state index contributed by atoms with van der Waals surface area (Å²) in [5, 5.41) is 11.5. The van der Waals surface area contributed by atoms with Gasteiger partial charge >= 0.3 is 0 Å². The highest BCUT2D eigenvalue weighted by molar-refractivity contribution is 5.94. The van der Waals surface area contributed by atoms with Gasteiger partial charge in [-0.3, -0.25) is 4.79 Å². The van der Waals surface area contributed by atoms with Crippen molar-refractivity contribution in [1.82, 2.24) is 5.32 Å². The van der Waals surface area contributed by atoms with Crippen molar-refractivity contribution in [2.24, 2.45) is 0 Å². The summed E-state index contributed by atoms with van der Waals surface area (Å²) >= 11 is 0. The Balaban J connectivity index is 2.00. The average molecular weight is 280 g/mol. The molecule has 2 aromatic rings. The highest BCUT2D eigenvalue weighted by atomic mass is 16.5. The maximum atomic E-state index is 12.1. The quantitative estimate of drug-likeness (QED) is 0.916. The molecular weight excluding hydrogens is 264 g/mol. The van der Waals surface area contributed by atoms with E-state index in [9.17, 15) is 4.79 Å². The van der Waals surface area contributed by atoms with Gasteiger partial charge in [-0.15, -0.1) is 0 Å². The number of para-hydroxylation sites is 1. The Morgan fingerprint density at radius 2 is 1.90 bits per heavy atom. The minimum atomic E-state index is -0.149. The molecule has 1 amide bonds. The standard InChI is InChI=1S/C17H16N2O2/c1-21-16-5-3-2-4-15(16)12-19-17(20)14-8-6-13(7-9-14)10-11-18/h2-9H,10,12H2,1H3,(H,19,20). The van der Waals surface area contributed by atoms with Gasteiger partial charge in [0, 0.05) is 17.7 Å². The Hall–Kier alpha value is -2.80. The van der Waals surface area contributed by atoms with Crippen LogP contribution in [0.1, 0.15) is 21.5 Å². The molecule has 0 bridgehead atoms. The Morgan fingerprint density at radius 3 is 2.57 bits per heavy atom. The third-order valence-corrected chi connectivity index (χ3v) is 3.13. The lowest BCUT2D eigenvalue weighted by Crippen LogP contribution is -2.23. The van der Waals surface area contributed by atoms with Gasteiger partial charge in [0.15, 0.2) is 0 Å². The zero-order chi connectivity index (χ0) is 15.1. The van der Waals surface area contributed by atoms with E-state index in [4.69, 9.17) is 10.00 Å². The molecule has 2 aromatic carbocycles. The Labute approximate surface area is 124 Å². The van der Waals surface area contributed by atoms with E-state index in [-0.39, 0.29) is 5.91 Å². The summed E-state index contributed by atoms with van der Waals surface area (Å²) in [4.78, 5) is 12.1. The van der Waals surface area contributed by atoms with Crippen LogP contribution in [0.2, 0.25) is 0 Å². The summed E-state index contributed by atoms with van der Waals surface area (Å²) in [5.74, 6) is 0.603. The molecule has 0 radical (unpaired) electrons. The largest absolute Gasteiger partial charge is 0.496 e. The van der Waals surface area contributed by atoms with Gasteiger partial charge in [0.2, 0.25) is 0 Å². The Morgan fingerprint density at radius 1 is 1.19 bits per heavy atom. The zero-order valence-corrected chi connectivity index (χ0v) is 11.8. The Bertz CT molecular complexity index is 657. The lowest BCUT2D eigenvalue weighted by Gasteiger charge is -2.09. The second kappa shape index (κ2) is 7.11. The molecular formula is C17H16N2O2. The summed E-state index contributed by atoms with van der Waals surface area (Å²) in [6, 6.07) is 16.7. The van der Waals surface area contributed by atoms with E-state index in [0.29, 0.717) is 18.5 Å². The topological polar surface area (TPSA) is 62.1 Å². The van der Waals surface area contributed by atoms with Crippen molar-refractivity contribution in [3.63, 3.8) is 0 Å². The molecule has 0 unspecified atom stereocenters. The normalized spacial score (nSPS) is 9.71. The molecule has 0 aliphatic carbocycles. The summed E-state index contributed by atoms with van der Waals surface area (Å²) < 4.78 is 5.24. The number of methoxy groups -OCH3 is 1. The van der Waals surface area contributed by atoms with Gasteiger partial charge in [0.05, 0.1) is 19.6 Å². The smallest absolute Gasteiger partial charge is 0.251 e. The molecule has 0 saturated heterocycles. The van der Waals surface area contributed by atoms with Crippen LogP contribution in [0.15, 0.2) is 48.5 Å². The number of nitrogens with zero attached hydrogens (tertiary/aromatic N) is 1. The predicted molar refractivity (Wildman–Crippen MR) is 79.9 cm³/mol. The molecule has 4 nitrogen and oxygen atoms in total. The predicted octanol–water partition coefficient (Wildman–Crippen LogP) is 2.69. The Kier molecular flexibility index (Phi) is 4.94. The molecule has 2 rings (SSSR count). The molecule has 4 heteroatoms. The van der Waals surface area contributed by atoms with E-state index in [0.717, 1.165) is 16.9 Å². The van der Waals surface area contributed by atoms with E-state index >= 15 is 0 Å². The van der Waals surface area contributed by atoms with Crippen LogP contribution in [0.25, 0.3) is 0 Å². The van der Waals surface area contributed by atoms with E-state index in [1.807, 2.05) is 24.3 Å². The number of carbonyl (C=O) groups is 1. The van der Waals surface area contributed by atoms with Gasteiger partial charge in [-0.25, -0.2) is 0 Å². The van der Waals surface area contributed by atoms with Crippen LogP contribution in [0.5, 0.6) is 5.75 Å². The molecule has 0 aliphatic rings. The molecule has 0 spiro atoms. The van der Waals surface area contributed by atoms with Crippen molar-refractivity contribution in [1.29, 1.82) is 5.26 Å². The van der Waals surface area contributed by atoms with Crippen molar-refractivity contribution in [3.05, 3.63) is 65.2 Å². The fourth-order valence-corrected chi connectivity index (χ4v) is 1.99. The minimum Gasteiger partial charge on any atom is -0.496 e. The van der Waals surface area contributed by atoms with Crippen LogP contribution >= 0.6 is 0 Å². The maximum Gasteiger partial charge on any atom is 0.251 e. The van der Waals surface area contributed by atoms with E-state index < -0.39 is 0 Å². The third kappa shape index (κ3) is 3.83. The third-order valence-electron chi connectivity index (χ3n) is 3.13. The van der Waals surface area contributed by atoms with Crippen molar-refractivity contribution in [2.75, 3.05) is 7.11 Å². The molecule has 0 aliphatic heterocycles. The van der Waals surface area contributed by atoms with Crippen molar-refractivity contribution >= 4 is 5.91 Å². The number of hydrogen-bond acceptors (Lipinski definition) is 3. The van der Waals surface area contributed by atoms with Crippen molar-refractivity contribution in [3.8, 4) is 11.8 Å². The number of nitrogens with one attached hydrogen (secondary N) is 1. The van der Waals surface area contributed by atoms with Gasteiger partial charge in [0.25, 0.3) is 5.91 Å². The number of nitriles is 1. The number of hydrogen-bond donors (Lipinski definition) is 1. The van der Waals surface area contributed by atoms with Crippen LogP contribution < -0.4 is 10.1 Å². The molecule has 21 heavy (non-hydrogen) atoms. The zero-order valence-electron chi connectivity index (χ0n) is 11.8. The minimum absolute atomic E-state index is 0.149. The summed E-state index contributed by atoms with van der Waals surface area (Å²) in [6.07, 6.45) is 0.350. The first-order valence-electron chi connectivity index (χ1n) is 6.60. The van der Waals surface area contributed by atoms with Gasteiger partial charge < -0.3 is 10.1 Å². The van der Waals surface area contributed by atoms with Crippen LogP contribution in [0.3, 0.4) is 0 Å². The van der Waals surface area contributed by atoms with Gasteiger partial charge in [-0.2, -0.15) is 5.26 Å². The molecule has 0 fully saturated rings. The second-order valence-corrected chi connectivity index (χ2v) is 4.53. The molecule has 0 heterocycles. The van der Waals surface area contributed by atoms with Crippen molar-refractivity contribution in [2.45, 2.75) is 13.0 Å². The fourth-order valence-electron chi connectivity index (χ4n) is 1.99. The molecule has 1 N–H and O–H groups in total. The number of ether oxygens (including phenoxy) is 1. The van der Waals surface area contributed by atoms with Crippen LogP contribution in [-0.4, -0.2) is 13.0 Å². The van der Waals surface area contributed by atoms with E-state index in [2.05, 4.69) is 11.4 Å². The lowest BCUT2D eigenvalue weighted by molar-refractivity contribution is 0.0950. The van der Waals surface area contributed by atoms with E-state index in [1.165, 1.54) is 0 Å². The van der Waals surface area contributed by atoms with Crippen LogP contribution in [0, 0.1) is 11.3 Å². The van der Waals surface area contributed by atoms with E-state index in [1.54, 1.807) is 31.4 Å². The average Bonchev–Trinajstić information content (AvgIpc) is 2.54. The fraction of sp³-hybridized carbons (Fsp3) is 0.176. The summed E-state index contributed by atoms with van der Waals surface area (Å²) in [6.45, 7) is 0.406. The number of carbonyl (C=O) groups excluding carboxylic acids is 1. The summed E-state index contributed by atoms with van der Waals surface area (Å²) in [7, 11) is 1.61. The van der Waals surface area contributed by atoms with Gasteiger partial charge in [-0.05, 0) is 23.8 Å². The molecule has 106 valence electrons. The lowest BCUT2D eigenvalue weighted by atomic mass is 10.1.